The largest absolute Gasteiger partial charge is 0.744 e. The molecule has 2 aromatic rings. The highest BCUT2D eigenvalue weighted by Gasteiger charge is 2.09. The van der Waals surface area contributed by atoms with Gasteiger partial charge in [0.1, 0.15) is 15.8 Å². The molecule has 0 amide bonds. The molecule has 2 rings (SSSR count). The summed E-state index contributed by atoms with van der Waals surface area (Å²) in [5.41, 5.74) is -0.143. The number of phenols is 1. The van der Waals surface area contributed by atoms with Gasteiger partial charge in [0, 0.05) is 5.39 Å². The summed E-state index contributed by atoms with van der Waals surface area (Å²) in [6.45, 7) is 0. The van der Waals surface area contributed by atoms with Crippen molar-refractivity contribution >= 4 is 26.6 Å². The molecule has 0 aliphatic carbocycles. The normalized spacial score (nSPS) is 11.6. The molecule has 17 heavy (non-hydrogen) atoms. The third-order valence-corrected chi connectivity index (χ3v) is 3.16. The summed E-state index contributed by atoms with van der Waals surface area (Å²) in [5, 5.41) is 12.8. The summed E-state index contributed by atoms with van der Waals surface area (Å²) in [6.07, 6.45) is 0. The van der Waals surface area contributed by atoms with E-state index in [1.54, 1.807) is 0 Å². The number of hydrogen-bond donors (Lipinski definition) is 1. The SMILES string of the molecule is O=Nc1ccc2cc(S(=O)(=O)[O-])ccc2c1O. The molecule has 0 atom stereocenters. The molecule has 0 fully saturated rings. The van der Waals surface area contributed by atoms with Crippen molar-refractivity contribution in [3.63, 3.8) is 0 Å². The molecule has 0 saturated heterocycles. The van der Waals surface area contributed by atoms with Gasteiger partial charge in [0.25, 0.3) is 0 Å². The lowest BCUT2D eigenvalue weighted by Crippen LogP contribution is -1.97. The van der Waals surface area contributed by atoms with Gasteiger partial charge in [-0.15, -0.1) is 4.91 Å². The van der Waals surface area contributed by atoms with E-state index in [1.165, 1.54) is 18.2 Å². The molecule has 0 heterocycles. The van der Waals surface area contributed by atoms with Gasteiger partial charge >= 0.3 is 0 Å². The monoisotopic (exact) mass is 252 g/mol. The van der Waals surface area contributed by atoms with E-state index in [0.29, 0.717) is 5.39 Å². The lowest BCUT2D eigenvalue weighted by atomic mass is 10.1. The topological polar surface area (TPSA) is 107 Å². The van der Waals surface area contributed by atoms with Crippen LogP contribution in [0, 0.1) is 4.91 Å². The van der Waals surface area contributed by atoms with E-state index in [2.05, 4.69) is 5.18 Å². The Labute approximate surface area is 96.2 Å². The highest BCUT2D eigenvalue weighted by molar-refractivity contribution is 7.85. The zero-order valence-electron chi connectivity index (χ0n) is 8.32. The van der Waals surface area contributed by atoms with E-state index < -0.39 is 15.0 Å². The molecule has 88 valence electrons. The Morgan fingerprint density at radius 1 is 1.18 bits per heavy atom. The summed E-state index contributed by atoms with van der Waals surface area (Å²) in [4.78, 5) is 9.95. The van der Waals surface area contributed by atoms with Crippen molar-refractivity contribution in [1.82, 2.24) is 0 Å². The Kier molecular flexibility index (Phi) is 2.56. The predicted octanol–water partition coefficient (Wildman–Crippen LogP) is 1.85. The van der Waals surface area contributed by atoms with E-state index in [9.17, 15) is 23.0 Å². The zero-order valence-corrected chi connectivity index (χ0v) is 9.14. The Balaban J connectivity index is 2.78. The van der Waals surface area contributed by atoms with Gasteiger partial charge in [-0.2, -0.15) is 0 Å². The number of fused-ring (bicyclic) bond motifs is 1. The highest BCUT2D eigenvalue weighted by Crippen LogP contribution is 2.35. The van der Waals surface area contributed by atoms with Crippen LogP contribution in [-0.4, -0.2) is 18.1 Å². The molecular weight excluding hydrogens is 246 g/mol. The maximum atomic E-state index is 10.8. The number of rotatable bonds is 2. The molecule has 0 aliphatic heterocycles. The van der Waals surface area contributed by atoms with Crippen molar-refractivity contribution in [3.05, 3.63) is 35.2 Å². The van der Waals surface area contributed by atoms with Crippen molar-refractivity contribution in [1.29, 1.82) is 0 Å². The third-order valence-electron chi connectivity index (χ3n) is 2.33. The minimum absolute atomic E-state index is 0.143. The highest BCUT2D eigenvalue weighted by atomic mass is 32.2. The number of phenolic OH excluding ortho intramolecular Hbond substituents is 1. The fraction of sp³-hybridized carbons (Fsp3) is 0. The van der Waals surface area contributed by atoms with Crippen molar-refractivity contribution < 1.29 is 18.1 Å². The van der Waals surface area contributed by atoms with Crippen molar-refractivity contribution in [2.75, 3.05) is 0 Å². The quantitative estimate of drug-likeness (QED) is 0.648. The Morgan fingerprint density at radius 2 is 1.88 bits per heavy atom. The van der Waals surface area contributed by atoms with Gasteiger partial charge in [-0.05, 0) is 34.8 Å². The van der Waals surface area contributed by atoms with Crippen LogP contribution in [0.25, 0.3) is 10.8 Å². The number of nitrogens with zero attached hydrogens (tertiary/aromatic N) is 1. The van der Waals surface area contributed by atoms with E-state index >= 15 is 0 Å². The van der Waals surface area contributed by atoms with Crippen LogP contribution in [0.5, 0.6) is 5.75 Å². The van der Waals surface area contributed by atoms with Crippen LogP contribution in [0.4, 0.5) is 5.69 Å². The molecule has 0 saturated carbocycles. The van der Waals surface area contributed by atoms with Gasteiger partial charge in [-0.1, -0.05) is 6.07 Å². The average molecular weight is 252 g/mol. The van der Waals surface area contributed by atoms with Gasteiger partial charge in [0.05, 0.1) is 4.90 Å². The van der Waals surface area contributed by atoms with Gasteiger partial charge in [-0.3, -0.25) is 0 Å². The lowest BCUT2D eigenvalue weighted by molar-refractivity contribution is 0.463. The Morgan fingerprint density at radius 3 is 2.47 bits per heavy atom. The first-order valence-electron chi connectivity index (χ1n) is 4.48. The number of aromatic hydroxyl groups is 1. The molecule has 0 aromatic heterocycles. The molecule has 7 heteroatoms. The number of benzene rings is 2. The number of hydrogen-bond acceptors (Lipinski definition) is 6. The van der Waals surface area contributed by atoms with Gasteiger partial charge in [-0.25, -0.2) is 8.42 Å². The standard InChI is InChI=1S/C10H7NO5S/c12-10-8-3-2-7(17(14,15)16)5-6(8)1-4-9(10)11-13/h1-5,12H,(H,14,15,16)/p-1. The van der Waals surface area contributed by atoms with Gasteiger partial charge in [0.2, 0.25) is 0 Å². The first-order chi connectivity index (χ1) is 7.93. The molecule has 1 N–H and O–H groups in total. The Bertz CT molecular complexity index is 708. The molecule has 2 aromatic carbocycles. The van der Waals surface area contributed by atoms with Crippen molar-refractivity contribution in [3.8, 4) is 5.75 Å². The molecule has 0 aliphatic rings. The first-order valence-corrected chi connectivity index (χ1v) is 5.89. The molecule has 0 unspecified atom stereocenters. The second-order valence-corrected chi connectivity index (χ2v) is 4.74. The summed E-state index contributed by atoms with van der Waals surface area (Å²) in [7, 11) is -4.54. The summed E-state index contributed by atoms with van der Waals surface area (Å²) in [6, 6.07) is 6.10. The maximum absolute atomic E-state index is 10.8. The maximum Gasteiger partial charge on any atom is 0.152 e. The second-order valence-electron chi connectivity index (χ2n) is 3.36. The van der Waals surface area contributed by atoms with Gasteiger partial charge in [0.15, 0.2) is 5.75 Å². The van der Waals surface area contributed by atoms with Crippen LogP contribution in [-0.2, 0) is 10.1 Å². The van der Waals surface area contributed by atoms with Gasteiger partial charge < -0.3 is 9.66 Å². The Hall–Kier alpha value is -1.99. The fourth-order valence-electron chi connectivity index (χ4n) is 1.51. The van der Waals surface area contributed by atoms with Crippen LogP contribution >= 0.6 is 0 Å². The van der Waals surface area contributed by atoms with Crippen LogP contribution in [0.15, 0.2) is 40.4 Å². The van der Waals surface area contributed by atoms with E-state index in [-0.39, 0.29) is 16.8 Å². The third kappa shape index (κ3) is 1.97. The smallest absolute Gasteiger partial charge is 0.152 e. The molecule has 0 radical (unpaired) electrons. The van der Waals surface area contributed by atoms with E-state index in [4.69, 9.17) is 0 Å². The van der Waals surface area contributed by atoms with Crippen molar-refractivity contribution in [2.24, 2.45) is 5.18 Å². The molecule has 0 bridgehead atoms. The van der Waals surface area contributed by atoms with Crippen LogP contribution in [0.3, 0.4) is 0 Å². The molecule has 6 nitrogen and oxygen atoms in total. The predicted molar refractivity (Wildman–Crippen MR) is 59.0 cm³/mol. The fourth-order valence-corrected chi connectivity index (χ4v) is 2.02. The van der Waals surface area contributed by atoms with Crippen LogP contribution < -0.4 is 0 Å². The summed E-state index contributed by atoms with van der Waals surface area (Å²) >= 11 is 0. The molecule has 0 spiro atoms. The van der Waals surface area contributed by atoms with E-state index in [1.807, 2.05) is 0 Å². The van der Waals surface area contributed by atoms with Crippen LogP contribution in [0.2, 0.25) is 0 Å². The second kappa shape index (κ2) is 3.79. The minimum Gasteiger partial charge on any atom is -0.744 e. The first kappa shape index (κ1) is 11.5. The average Bonchev–Trinajstić information content (AvgIpc) is 2.28. The lowest BCUT2D eigenvalue weighted by Gasteiger charge is -2.09. The zero-order chi connectivity index (χ0) is 12.6. The summed E-state index contributed by atoms with van der Waals surface area (Å²) in [5.74, 6) is -0.340. The van der Waals surface area contributed by atoms with E-state index in [0.717, 1.165) is 12.1 Å². The summed E-state index contributed by atoms with van der Waals surface area (Å²) < 4.78 is 32.4. The van der Waals surface area contributed by atoms with Crippen molar-refractivity contribution in [2.45, 2.75) is 4.90 Å². The minimum atomic E-state index is -4.54. The molecular formula is C10H6NO5S-. The number of nitroso groups, excluding NO2 is 1. The van der Waals surface area contributed by atoms with Crippen LogP contribution in [0.1, 0.15) is 0 Å².